The quantitative estimate of drug-likeness (QED) is 0.845. The zero-order valence-corrected chi connectivity index (χ0v) is 15.0. The fourth-order valence-corrected chi connectivity index (χ4v) is 4.66. The van der Waals surface area contributed by atoms with Crippen molar-refractivity contribution in [3.8, 4) is 0 Å². The molecule has 4 atom stereocenters. The summed E-state index contributed by atoms with van der Waals surface area (Å²) in [6, 6.07) is 6.54. The molecule has 3 fully saturated rings. The van der Waals surface area contributed by atoms with Gasteiger partial charge >= 0.3 is 0 Å². The van der Waals surface area contributed by atoms with Gasteiger partial charge in [0.15, 0.2) is 0 Å². The summed E-state index contributed by atoms with van der Waals surface area (Å²) >= 11 is 0. The minimum Gasteiger partial charge on any atom is -0.352 e. The van der Waals surface area contributed by atoms with Crippen molar-refractivity contribution >= 4 is 11.8 Å². The Hall–Kier alpha value is -1.99. The Balaban J connectivity index is 1.39. The van der Waals surface area contributed by atoms with Crippen LogP contribution >= 0.6 is 0 Å². The minimum absolute atomic E-state index is 0.00920. The van der Waals surface area contributed by atoms with E-state index in [0.29, 0.717) is 13.0 Å². The van der Waals surface area contributed by atoms with E-state index in [2.05, 4.69) is 15.8 Å². The molecule has 1 saturated carbocycles. The third-order valence-electron chi connectivity index (χ3n) is 6.04. The van der Waals surface area contributed by atoms with Gasteiger partial charge in [-0.15, -0.1) is 0 Å². The van der Waals surface area contributed by atoms with Crippen LogP contribution in [0.2, 0.25) is 0 Å². The summed E-state index contributed by atoms with van der Waals surface area (Å²) in [5, 5.41) is 5.06. The molecule has 2 amide bonds. The molecule has 2 saturated heterocycles. The van der Waals surface area contributed by atoms with Crippen LogP contribution in [0.15, 0.2) is 24.3 Å². The topological polar surface area (TPSA) is 64.7 Å². The Morgan fingerprint density at radius 1 is 1.31 bits per heavy atom. The van der Waals surface area contributed by atoms with Crippen molar-refractivity contribution < 1.29 is 14.0 Å². The van der Waals surface area contributed by atoms with Crippen LogP contribution in [0, 0.1) is 11.7 Å². The van der Waals surface area contributed by atoms with Crippen LogP contribution in [0.5, 0.6) is 0 Å². The van der Waals surface area contributed by atoms with E-state index in [1.54, 1.807) is 12.1 Å². The molecule has 0 spiro atoms. The van der Waals surface area contributed by atoms with Crippen LogP contribution in [0.1, 0.15) is 31.2 Å². The lowest BCUT2D eigenvalue weighted by atomic mass is 9.79. The number of carbonyl (C=O) groups excluding carboxylic acids is 2. The van der Waals surface area contributed by atoms with E-state index in [9.17, 15) is 14.0 Å². The number of amides is 2. The predicted molar refractivity (Wildman–Crippen MR) is 94.2 cm³/mol. The monoisotopic (exact) mass is 360 g/mol. The van der Waals surface area contributed by atoms with Gasteiger partial charge < -0.3 is 10.2 Å². The van der Waals surface area contributed by atoms with Crippen LogP contribution in [-0.4, -0.2) is 53.4 Å². The Labute approximate surface area is 152 Å². The second-order valence-electron chi connectivity index (χ2n) is 7.56. The fraction of sp³-hybridized carbons (Fsp3) is 0.579. The highest BCUT2D eigenvalue weighted by molar-refractivity contribution is 5.84. The van der Waals surface area contributed by atoms with Crippen LogP contribution < -0.4 is 10.7 Å². The number of piperazine rings is 1. The van der Waals surface area contributed by atoms with Crippen LogP contribution in [-0.2, 0) is 16.1 Å². The first kappa shape index (κ1) is 17.4. The summed E-state index contributed by atoms with van der Waals surface area (Å²) in [6.07, 6.45) is 3.23. The standard InChI is InChI=1S/C19H25FN4O2/c1-23-17-10-13(18(25)21-11-12-3-2-4-14(20)9-12)5-6-15(17)24-16(19(23)26)7-8-22-24/h2-4,9,13,15-17,22H,5-8,10-11H2,1H3,(H,21,25). The van der Waals surface area contributed by atoms with Gasteiger partial charge in [-0.25, -0.2) is 9.40 Å². The van der Waals surface area contributed by atoms with E-state index in [1.165, 1.54) is 12.1 Å². The number of likely N-dealkylation sites (N-methyl/N-ethyl adjacent to an activating group) is 1. The third-order valence-corrected chi connectivity index (χ3v) is 6.04. The van der Waals surface area contributed by atoms with Crippen molar-refractivity contribution in [1.29, 1.82) is 0 Å². The number of nitrogens with zero attached hydrogens (tertiary/aromatic N) is 2. The van der Waals surface area contributed by atoms with Crippen molar-refractivity contribution in [2.24, 2.45) is 5.92 Å². The van der Waals surface area contributed by atoms with Gasteiger partial charge in [-0.1, -0.05) is 12.1 Å². The highest BCUT2D eigenvalue weighted by Crippen LogP contribution is 2.36. The van der Waals surface area contributed by atoms with Crippen molar-refractivity contribution in [1.82, 2.24) is 20.7 Å². The highest BCUT2D eigenvalue weighted by Gasteiger charge is 2.50. The number of carbonyl (C=O) groups is 2. The average molecular weight is 360 g/mol. The first-order chi connectivity index (χ1) is 12.5. The van der Waals surface area contributed by atoms with E-state index in [0.717, 1.165) is 31.4 Å². The largest absolute Gasteiger partial charge is 0.352 e. The SMILES string of the molecule is CN1C(=O)C2CCNN2C2CCC(C(=O)NCc3cccc(F)c3)CC21. The molecule has 2 heterocycles. The van der Waals surface area contributed by atoms with E-state index < -0.39 is 0 Å². The fourth-order valence-electron chi connectivity index (χ4n) is 4.66. The minimum atomic E-state index is -0.299. The van der Waals surface area contributed by atoms with Gasteiger partial charge in [-0.3, -0.25) is 15.0 Å². The van der Waals surface area contributed by atoms with E-state index >= 15 is 0 Å². The maximum Gasteiger partial charge on any atom is 0.241 e. The average Bonchev–Trinajstić information content (AvgIpc) is 3.14. The second kappa shape index (κ2) is 6.96. The number of hydrazine groups is 1. The van der Waals surface area contributed by atoms with Crippen LogP contribution in [0.4, 0.5) is 4.39 Å². The zero-order valence-electron chi connectivity index (χ0n) is 15.0. The predicted octanol–water partition coefficient (Wildman–Crippen LogP) is 1.03. The molecule has 2 aliphatic heterocycles. The molecule has 4 rings (SSSR count). The van der Waals surface area contributed by atoms with Gasteiger partial charge in [-0.05, 0) is 43.4 Å². The summed E-state index contributed by atoms with van der Waals surface area (Å²) in [6.45, 7) is 1.16. The molecule has 1 aromatic carbocycles. The van der Waals surface area contributed by atoms with Gasteiger partial charge in [-0.2, -0.15) is 0 Å². The van der Waals surface area contributed by atoms with E-state index in [1.807, 2.05) is 11.9 Å². The van der Waals surface area contributed by atoms with E-state index in [-0.39, 0.29) is 41.7 Å². The number of nitrogens with one attached hydrogen (secondary N) is 2. The molecule has 3 aliphatic rings. The maximum atomic E-state index is 13.3. The van der Waals surface area contributed by atoms with Crippen molar-refractivity contribution in [2.45, 2.75) is 50.4 Å². The molecule has 2 N–H and O–H groups in total. The van der Waals surface area contributed by atoms with Gasteiger partial charge in [0.1, 0.15) is 11.9 Å². The van der Waals surface area contributed by atoms with Gasteiger partial charge in [0.2, 0.25) is 11.8 Å². The first-order valence-corrected chi connectivity index (χ1v) is 9.35. The van der Waals surface area contributed by atoms with Gasteiger partial charge in [0, 0.05) is 38.1 Å². The smallest absolute Gasteiger partial charge is 0.241 e. The molecular formula is C19H25FN4O2. The Kier molecular flexibility index (Phi) is 4.67. The van der Waals surface area contributed by atoms with E-state index in [4.69, 9.17) is 0 Å². The highest BCUT2D eigenvalue weighted by atomic mass is 19.1. The molecule has 4 unspecified atom stereocenters. The van der Waals surface area contributed by atoms with Crippen LogP contribution in [0.3, 0.4) is 0 Å². The number of benzene rings is 1. The molecule has 0 radical (unpaired) electrons. The van der Waals surface area contributed by atoms with Gasteiger partial charge in [0.25, 0.3) is 0 Å². The lowest BCUT2D eigenvalue weighted by Crippen LogP contribution is -2.67. The summed E-state index contributed by atoms with van der Waals surface area (Å²) in [4.78, 5) is 27.1. The molecule has 140 valence electrons. The normalized spacial score (nSPS) is 31.5. The summed E-state index contributed by atoms with van der Waals surface area (Å²) in [5.74, 6) is -0.270. The van der Waals surface area contributed by atoms with Crippen molar-refractivity contribution in [2.75, 3.05) is 13.6 Å². The lowest BCUT2D eigenvalue weighted by Gasteiger charge is -2.50. The van der Waals surface area contributed by atoms with Crippen molar-refractivity contribution in [3.05, 3.63) is 35.6 Å². The molecule has 0 aromatic heterocycles. The lowest BCUT2D eigenvalue weighted by molar-refractivity contribution is -0.153. The molecule has 1 aliphatic carbocycles. The third kappa shape index (κ3) is 3.10. The maximum absolute atomic E-state index is 13.3. The Morgan fingerprint density at radius 3 is 2.96 bits per heavy atom. The van der Waals surface area contributed by atoms with Gasteiger partial charge in [0.05, 0.1) is 0 Å². The Morgan fingerprint density at radius 2 is 2.15 bits per heavy atom. The Bertz CT molecular complexity index is 713. The summed E-state index contributed by atoms with van der Waals surface area (Å²) < 4.78 is 13.3. The zero-order chi connectivity index (χ0) is 18.3. The second-order valence-corrected chi connectivity index (χ2v) is 7.56. The number of fused-ring (bicyclic) bond motifs is 3. The van der Waals surface area contributed by atoms with Crippen molar-refractivity contribution in [3.63, 3.8) is 0 Å². The molecule has 1 aromatic rings. The molecular weight excluding hydrogens is 335 g/mol. The first-order valence-electron chi connectivity index (χ1n) is 9.35. The molecule has 7 heteroatoms. The van der Waals surface area contributed by atoms with Crippen LogP contribution in [0.25, 0.3) is 0 Å². The number of rotatable bonds is 3. The molecule has 0 bridgehead atoms. The number of hydrogen-bond donors (Lipinski definition) is 2. The summed E-state index contributed by atoms with van der Waals surface area (Å²) in [5.41, 5.74) is 4.11. The summed E-state index contributed by atoms with van der Waals surface area (Å²) in [7, 11) is 1.86. The number of halogens is 1. The number of hydrogen-bond acceptors (Lipinski definition) is 4. The molecule has 6 nitrogen and oxygen atoms in total. The molecule has 26 heavy (non-hydrogen) atoms.